The number of aromatic nitrogens is 1. The Kier molecular flexibility index (Phi) is 3.52. The molecule has 1 aromatic rings. The van der Waals surface area contributed by atoms with Gasteiger partial charge in [0.25, 0.3) is 0 Å². The Hall–Kier alpha value is -1.29. The third kappa shape index (κ3) is 2.52. The molecule has 4 nitrogen and oxygen atoms in total. The minimum atomic E-state index is 0.620. The summed E-state index contributed by atoms with van der Waals surface area (Å²) in [4.78, 5) is 9.28. The van der Waals surface area contributed by atoms with Gasteiger partial charge in [-0.3, -0.25) is 0 Å². The quantitative estimate of drug-likeness (QED) is 0.859. The number of pyridine rings is 1. The third-order valence-corrected chi connectivity index (χ3v) is 3.55. The first-order chi connectivity index (χ1) is 8.11. The first-order valence-electron chi connectivity index (χ1n) is 6.18. The van der Waals surface area contributed by atoms with Crippen LogP contribution in [0.2, 0.25) is 0 Å². The highest BCUT2D eigenvalue weighted by Crippen LogP contribution is 2.25. The van der Waals surface area contributed by atoms with Crippen LogP contribution >= 0.6 is 0 Å². The molecule has 2 atom stereocenters. The van der Waals surface area contributed by atoms with E-state index in [2.05, 4.69) is 53.3 Å². The van der Waals surface area contributed by atoms with Crippen molar-refractivity contribution in [1.29, 1.82) is 0 Å². The van der Waals surface area contributed by atoms with E-state index in [1.807, 2.05) is 13.1 Å². The fourth-order valence-electron chi connectivity index (χ4n) is 2.55. The van der Waals surface area contributed by atoms with Crippen LogP contribution in [-0.4, -0.2) is 50.2 Å². The zero-order valence-electron chi connectivity index (χ0n) is 11.1. The summed E-state index contributed by atoms with van der Waals surface area (Å²) in [5.74, 6) is 2.70. The van der Waals surface area contributed by atoms with E-state index in [9.17, 15) is 0 Å². The average molecular weight is 234 g/mol. The fraction of sp³-hybridized carbons (Fsp3) is 0.615. The van der Waals surface area contributed by atoms with Gasteiger partial charge in [0.1, 0.15) is 11.6 Å². The first-order valence-corrected chi connectivity index (χ1v) is 6.18. The van der Waals surface area contributed by atoms with Crippen molar-refractivity contribution in [2.24, 2.45) is 5.92 Å². The summed E-state index contributed by atoms with van der Waals surface area (Å²) in [5.41, 5.74) is 0. The summed E-state index contributed by atoms with van der Waals surface area (Å²) in [5, 5.41) is 3.09. The van der Waals surface area contributed by atoms with E-state index in [0.717, 1.165) is 24.7 Å². The summed E-state index contributed by atoms with van der Waals surface area (Å²) in [6.45, 7) is 4.46. The van der Waals surface area contributed by atoms with Crippen molar-refractivity contribution in [3.8, 4) is 0 Å². The standard InChI is InChI=1S/C13H22N4/c1-10-8-17(9-11(10)16(3)4)13-7-5-6-12(14-2)15-13/h5-7,10-11H,8-9H2,1-4H3,(H,14,15). The number of hydrogen-bond acceptors (Lipinski definition) is 4. The lowest BCUT2D eigenvalue weighted by atomic mass is 10.1. The van der Waals surface area contributed by atoms with Crippen LogP contribution in [0, 0.1) is 5.92 Å². The second-order valence-corrected chi connectivity index (χ2v) is 5.04. The molecule has 0 radical (unpaired) electrons. The lowest BCUT2D eigenvalue weighted by molar-refractivity contribution is 0.266. The predicted octanol–water partition coefficient (Wildman–Crippen LogP) is 1.51. The van der Waals surface area contributed by atoms with Crippen molar-refractivity contribution in [3.63, 3.8) is 0 Å². The molecule has 0 amide bonds. The van der Waals surface area contributed by atoms with Gasteiger partial charge in [-0.25, -0.2) is 4.98 Å². The molecule has 2 unspecified atom stereocenters. The molecular formula is C13H22N4. The lowest BCUT2D eigenvalue weighted by Crippen LogP contribution is -2.34. The van der Waals surface area contributed by atoms with Crippen molar-refractivity contribution < 1.29 is 0 Å². The van der Waals surface area contributed by atoms with Crippen LogP contribution in [0.1, 0.15) is 6.92 Å². The molecule has 2 heterocycles. The minimum Gasteiger partial charge on any atom is -0.373 e. The molecule has 2 rings (SSSR count). The van der Waals surface area contributed by atoms with Crippen molar-refractivity contribution in [1.82, 2.24) is 9.88 Å². The van der Waals surface area contributed by atoms with Crippen LogP contribution in [0.5, 0.6) is 0 Å². The molecule has 4 heteroatoms. The molecule has 1 saturated heterocycles. The second-order valence-electron chi connectivity index (χ2n) is 5.04. The second kappa shape index (κ2) is 4.92. The molecular weight excluding hydrogens is 212 g/mol. The molecule has 1 fully saturated rings. The highest BCUT2D eigenvalue weighted by molar-refractivity contribution is 5.47. The van der Waals surface area contributed by atoms with Crippen LogP contribution in [0.3, 0.4) is 0 Å². The third-order valence-electron chi connectivity index (χ3n) is 3.55. The van der Waals surface area contributed by atoms with Crippen molar-refractivity contribution in [2.75, 3.05) is 44.4 Å². The molecule has 1 aromatic heterocycles. The monoisotopic (exact) mass is 234 g/mol. The molecule has 0 aromatic carbocycles. The number of nitrogens with one attached hydrogen (secondary N) is 1. The molecule has 17 heavy (non-hydrogen) atoms. The Bertz CT molecular complexity index is 377. The van der Waals surface area contributed by atoms with Gasteiger partial charge in [-0.05, 0) is 32.1 Å². The average Bonchev–Trinajstić information content (AvgIpc) is 2.71. The lowest BCUT2D eigenvalue weighted by Gasteiger charge is -2.22. The fourth-order valence-corrected chi connectivity index (χ4v) is 2.55. The summed E-state index contributed by atoms with van der Waals surface area (Å²) >= 11 is 0. The first kappa shape index (κ1) is 12.2. The van der Waals surface area contributed by atoms with Gasteiger partial charge < -0.3 is 15.1 Å². The summed E-state index contributed by atoms with van der Waals surface area (Å²) in [7, 11) is 6.21. The Labute approximate surface area is 104 Å². The smallest absolute Gasteiger partial charge is 0.131 e. The maximum absolute atomic E-state index is 4.60. The minimum absolute atomic E-state index is 0.620. The van der Waals surface area contributed by atoms with Gasteiger partial charge in [0.05, 0.1) is 0 Å². The zero-order valence-corrected chi connectivity index (χ0v) is 11.1. The van der Waals surface area contributed by atoms with Gasteiger partial charge in [0.2, 0.25) is 0 Å². The van der Waals surface area contributed by atoms with E-state index in [1.54, 1.807) is 0 Å². The van der Waals surface area contributed by atoms with E-state index < -0.39 is 0 Å². The molecule has 1 aliphatic heterocycles. The highest BCUT2D eigenvalue weighted by Gasteiger charge is 2.31. The maximum Gasteiger partial charge on any atom is 0.131 e. The Morgan fingerprint density at radius 3 is 2.71 bits per heavy atom. The number of anilines is 2. The van der Waals surface area contributed by atoms with Crippen molar-refractivity contribution in [2.45, 2.75) is 13.0 Å². The summed E-state index contributed by atoms with van der Waals surface area (Å²) in [6.07, 6.45) is 0. The summed E-state index contributed by atoms with van der Waals surface area (Å²) in [6, 6.07) is 6.76. The van der Waals surface area contributed by atoms with E-state index in [1.165, 1.54) is 0 Å². The van der Waals surface area contributed by atoms with Gasteiger partial charge in [-0.2, -0.15) is 0 Å². The van der Waals surface area contributed by atoms with Crippen molar-refractivity contribution >= 4 is 11.6 Å². The van der Waals surface area contributed by atoms with Gasteiger partial charge >= 0.3 is 0 Å². The van der Waals surface area contributed by atoms with E-state index >= 15 is 0 Å². The SMILES string of the molecule is CNc1cccc(N2CC(C)C(N(C)C)C2)n1. The van der Waals surface area contributed by atoms with E-state index in [0.29, 0.717) is 12.0 Å². The topological polar surface area (TPSA) is 31.4 Å². The molecule has 0 spiro atoms. The Balaban J connectivity index is 2.13. The molecule has 0 aliphatic carbocycles. The molecule has 0 bridgehead atoms. The zero-order chi connectivity index (χ0) is 12.4. The van der Waals surface area contributed by atoms with Gasteiger partial charge in [-0.1, -0.05) is 13.0 Å². The van der Waals surface area contributed by atoms with Crippen LogP contribution in [-0.2, 0) is 0 Å². The van der Waals surface area contributed by atoms with E-state index in [-0.39, 0.29) is 0 Å². The van der Waals surface area contributed by atoms with Crippen LogP contribution < -0.4 is 10.2 Å². The van der Waals surface area contributed by atoms with Crippen LogP contribution in [0.4, 0.5) is 11.6 Å². The Morgan fingerprint density at radius 1 is 1.35 bits per heavy atom. The molecule has 94 valence electrons. The maximum atomic E-state index is 4.60. The number of hydrogen-bond donors (Lipinski definition) is 1. The van der Waals surface area contributed by atoms with E-state index in [4.69, 9.17) is 0 Å². The normalized spacial score (nSPS) is 24.4. The van der Waals surface area contributed by atoms with Crippen LogP contribution in [0.25, 0.3) is 0 Å². The summed E-state index contributed by atoms with van der Waals surface area (Å²) < 4.78 is 0. The van der Waals surface area contributed by atoms with Gasteiger partial charge in [-0.15, -0.1) is 0 Å². The number of rotatable bonds is 3. The largest absolute Gasteiger partial charge is 0.373 e. The van der Waals surface area contributed by atoms with Gasteiger partial charge in [0, 0.05) is 26.2 Å². The molecule has 1 aliphatic rings. The molecule has 0 saturated carbocycles. The Morgan fingerprint density at radius 2 is 2.12 bits per heavy atom. The number of nitrogens with zero attached hydrogens (tertiary/aromatic N) is 3. The van der Waals surface area contributed by atoms with Crippen molar-refractivity contribution in [3.05, 3.63) is 18.2 Å². The van der Waals surface area contributed by atoms with Crippen LogP contribution in [0.15, 0.2) is 18.2 Å². The highest BCUT2D eigenvalue weighted by atomic mass is 15.3. The molecule has 1 N–H and O–H groups in total. The van der Waals surface area contributed by atoms with Gasteiger partial charge in [0.15, 0.2) is 0 Å². The predicted molar refractivity (Wildman–Crippen MR) is 72.6 cm³/mol. The number of likely N-dealkylation sites (N-methyl/N-ethyl adjacent to an activating group) is 1.